The predicted molar refractivity (Wildman–Crippen MR) is 88.7 cm³/mol. The van der Waals surface area contributed by atoms with Gasteiger partial charge in [-0.05, 0) is 44.9 Å². The van der Waals surface area contributed by atoms with Crippen LogP contribution in [-0.2, 0) is 9.53 Å². The highest BCUT2D eigenvalue weighted by atomic mass is 16.5. The molecule has 0 bridgehead atoms. The third kappa shape index (κ3) is 5.79. The van der Waals surface area contributed by atoms with Crippen LogP contribution in [0.4, 0.5) is 0 Å². The first-order valence-corrected chi connectivity index (χ1v) is 8.44. The minimum Gasteiger partial charge on any atom is -0.461 e. The summed E-state index contributed by atoms with van der Waals surface area (Å²) in [5, 5.41) is 9.09. The predicted octanol–water partition coefficient (Wildman–Crippen LogP) is 2.58. The summed E-state index contributed by atoms with van der Waals surface area (Å²) in [5.74, 6) is 0.0897. The highest BCUT2D eigenvalue weighted by Crippen LogP contribution is 2.25. The lowest BCUT2D eigenvalue weighted by atomic mass is 9.96. The van der Waals surface area contributed by atoms with Crippen LogP contribution in [0.2, 0.25) is 0 Å². The maximum absolute atomic E-state index is 11.7. The zero-order chi connectivity index (χ0) is 16.4. The van der Waals surface area contributed by atoms with E-state index in [1.807, 2.05) is 0 Å². The number of esters is 1. The Hall–Kier alpha value is -1.36. The minimum atomic E-state index is -0.434. The fourth-order valence-electron chi connectivity index (χ4n) is 2.93. The van der Waals surface area contributed by atoms with Gasteiger partial charge in [0.2, 0.25) is 0 Å². The van der Waals surface area contributed by atoms with Crippen molar-refractivity contribution in [3.8, 4) is 0 Å². The third-order valence-corrected chi connectivity index (χ3v) is 4.08. The van der Waals surface area contributed by atoms with Crippen LogP contribution in [0.25, 0.3) is 0 Å². The molecule has 3 N–H and O–H groups in total. The Morgan fingerprint density at radius 2 is 2.09 bits per heavy atom. The number of hydrogen-bond acceptors (Lipinski definition) is 5. The maximum Gasteiger partial charge on any atom is 0.354 e. The zero-order valence-electron chi connectivity index (χ0n) is 13.9. The van der Waals surface area contributed by atoms with Crippen LogP contribution in [0.15, 0.2) is 16.3 Å². The van der Waals surface area contributed by atoms with Crippen molar-refractivity contribution in [3.05, 3.63) is 11.3 Å². The van der Waals surface area contributed by atoms with E-state index >= 15 is 0 Å². The van der Waals surface area contributed by atoms with E-state index in [-0.39, 0.29) is 12.3 Å². The first-order valence-electron chi connectivity index (χ1n) is 8.44. The monoisotopic (exact) mass is 310 g/mol. The molecular formula is C17H30N2O3. The fraction of sp³-hybridized carbons (Fsp3) is 0.765. The second-order valence-electron chi connectivity index (χ2n) is 5.75. The van der Waals surface area contributed by atoms with Gasteiger partial charge in [0, 0.05) is 24.4 Å². The minimum absolute atomic E-state index is 0.221. The standard InChI is InChI=1S/C17H30N2O3/c1-3-6-13(10-12-20)9-11-19-15-8-5-7-14(15)16(18)17(21)22-4-2/h13,20H,3-12,18H2,1-2H3. The van der Waals surface area contributed by atoms with Gasteiger partial charge in [0.25, 0.3) is 0 Å². The number of ether oxygens (including phenoxy) is 1. The van der Waals surface area contributed by atoms with E-state index in [9.17, 15) is 4.79 Å². The lowest BCUT2D eigenvalue weighted by Gasteiger charge is -2.13. The van der Waals surface area contributed by atoms with Crippen molar-refractivity contribution in [1.29, 1.82) is 0 Å². The Labute approximate surface area is 133 Å². The zero-order valence-corrected chi connectivity index (χ0v) is 13.9. The SMILES string of the molecule is CCCC(CCO)CCN=C1CCCC1=C(N)C(=O)OCC. The molecule has 1 rings (SSSR count). The van der Waals surface area contributed by atoms with Gasteiger partial charge in [-0.1, -0.05) is 19.8 Å². The van der Waals surface area contributed by atoms with Gasteiger partial charge < -0.3 is 15.6 Å². The van der Waals surface area contributed by atoms with E-state index < -0.39 is 5.97 Å². The molecule has 0 spiro atoms. The molecule has 0 amide bonds. The van der Waals surface area contributed by atoms with Crippen LogP contribution >= 0.6 is 0 Å². The quantitative estimate of drug-likeness (QED) is 0.506. The maximum atomic E-state index is 11.7. The molecule has 0 aromatic carbocycles. The van der Waals surface area contributed by atoms with Gasteiger partial charge >= 0.3 is 5.97 Å². The van der Waals surface area contributed by atoms with Gasteiger partial charge in [0.05, 0.1) is 6.61 Å². The number of allylic oxidation sites excluding steroid dienone is 1. The second kappa shape index (κ2) is 10.4. The summed E-state index contributed by atoms with van der Waals surface area (Å²) in [4.78, 5) is 16.4. The Kier molecular flexibility index (Phi) is 8.82. The van der Waals surface area contributed by atoms with E-state index in [0.717, 1.165) is 62.8 Å². The first kappa shape index (κ1) is 18.7. The topological polar surface area (TPSA) is 84.9 Å². The molecule has 1 atom stereocenters. The van der Waals surface area contributed by atoms with Crippen molar-refractivity contribution in [2.75, 3.05) is 19.8 Å². The number of aliphatic hydroxyl groups is 1. The van der Waals surface area contributed by atoms with Gasteiger partial charge in [-0.15, -0.1) is 0 Å². The van der Waals surface area contributed by atoms with Gasteiger partial charge in [-0.25, -0.2) is 4.79 Å². The molecule has 0 aromatic heterocycles. The van der Waals surface area contributed by atoms with Crippen molar-refractivity contribution >= 4 is 11.7 Å². The highest BCUT2D eigenvalue weighted by molar-refractivity contribution is 6.07. The molecule has 0 radical (unpaired) electrons. The lowest BCUT2D eigenvalue weighted by Crippen LogP contribution is -2.19. The van der Waals surface area contributed by atoms with Gasteiger partial charge in [0.15, 0.2) is 0 Å². The van der Waals surface area contributed by atoms with Crippen molar-refractivity contribution < 1.29 is 14.6 Å². The molecule has 0 aliphatic heterocycles. The number of carbonyl (C=O) groups excluding carboxylic acids is 1. The van der Waals surface area contributed by atoms with E-state index in [0.29, 0.717) is 12.5 Å². The average molecular weight is 310 g/mol. The number of hydrogen-bond donors (Lipinski definition) is 2. The molecule has 1 fully saturated rings. The van der Waals surface area contributed by atoms with Crippen LogP contribution in [0, 0.1) is 5.92 Å². The number of aliphatic hydroxyl groups excluding tert-OH is 1. The largest absolute Gasteiger partial charge is 0.461 e. The van der Waals surface area contributed by atoms with Crippen molar-refractivity contribution in [2.45, 2.75) is 58.8 Å². The van der Waals surface area contributed by atoms with Crippen LogP contribution in [0.3, 0.4) is 0 Å². The Bertz CT molecular complexity index is 410. The van der Waals surface area contributed by atoms with Crippen molar-refractivity contribution in [2.24, 2.45) is 16.6 Å². The molecule has 1 unspecified atom stereocenters. The summed E-state index contributed by atoms with van der Waals surface area (Å²) in [5.41, 5.74) is 7.97. The Morgan fingerprint density at radius 3 is 2.73 bits per heavy atom. The second-order valence-corrected chi connectivity index (χ2v) is 5.75. The molecule has 5 nitrogen and oxygen atoms in total. The van der Waals surface area contributed by atoms with E-state index in [2.05, 4.69) is 11.9 Å². The molecule has 1 saturated carbocycles. The normalized spacial score (nSPS) is 20.2. The summed E-state index contributed by atoms with van der Waals surface area (Å²) in [6.07, 6.45) is 6.74. The molecule has 126 valence electrons. The van der Waals surface area contributed by atoms with Crippen LogP contribution in [-0.4, -0.2) is 36.5 Å². The molecular weight excluding hydrogens is 280 g/mol. The van der Waals surface area contributed by atoms with Gasteiger partial charge in [0.1, 0.15) is 5.70 Å². The molecule has 1 aliphatic carbocycles. The molecule has 5 heteroatoms. The fourth-order valence-corrected chi connectivity index (χ4v) is 2.93. The molecule has 22 heavy (non-hydrogen) atoms. The van der Waals surface area contributed by atoms with Crippen LogP contribution in [0.1, 0.15) is 58.8 Å². The molecule has 0 saturated heterocycles. The number of rotatable bonds is 9. The lowest BCUT2D eigenvalue weighted by molar-refractivity contribution is -0.138. The number of aliphatic imine (C=N–C) groups is 1. The summed E-state index contributed by atoms with van der Waals surface area (Å²) in [6, 6.07) is 0. The van der Waals surface area contributed by atoms with E-state index in [1.54, 1.807) is 6.92 Å². The van der Waals surface area contributed by atoms with Crippen LogP contribution in [0.5, 0.6) is 0 Å². The summed E-state index contributed by atoms with van der Waals surface area (Å²) >= 11 is 0. The molecule has 0 heterocycles. The summed E-state index contributed by atoms with van der Waals surface area (Å²) in [7, 11) is 0. The highest BCUT2D eigenvalue weighted by Gasteiger charge is 2.22. The van der Waals surface area contributed by atoms with Gasteiger partial charge in [-0.3, -0.25) is 4.99 Å². The third-order valence-electron chi connectivity index (χ3n) is 4.08. The number of carbonyl (C=O) groups is 1. The first-order chi connectivity index (χ1) is 10.6. The molecule has 1 aliphatic rings. The van der Waals surface area contributed by atoms with Gasteiger partial charge in [-0.2, -0.15) is 0 Å². The van der Waals surface area contributed by atoms with E-state index in [4.69, 9.17) is 15.6 Å². The smallest absolute Gasteiger partial charge is 0.354 e. The Balaban J connectivity index is 2.65. The number of nitrogens with two attached hydrogens (primary N) is 1. The van der Waals surface area contributed by atoms with Crippen LogP contribution < -0.4 is 5.73 Å². The molecule has 0 aromatic rings. The Morgan fingerprint density at radius 1 is 1.32 bits per heavy atom. The van der Waals surface area contributed by atoms with Crippen molar-refractivity contribution in [3.63, 3.8) is 0 Å². The number of nitrogens with zero attached hydrogens (tertiary/aromatic N) is 1. The summed E-state index contributed by atoms with van der Waals surface area (Å²) in [6.45, 7) is 5.24. The van der Waals surface area contributed by atoms with E-state index in [1.165, 1.54) is 0 Å². The van der Waals surface area contributed by atoms with Crippen molar-refractivity contribution in [1.82, 2.24) is 0 Å². The average Bonchev–Trinajstić information content (AvgIpc) is 2.95. The summed E-state index contributed by atoms with van der Waals surface area (Å²) < 4.78 is 4.97.